The molecule has 1 N–H and O–H groups in total. The Bertz CT molecular complexity index is 325. The zero-order valence-corrected chi connectivity index (χ0v) is 21.5. The molecular weight excluding hydrogens is 378 g/mol. The van der Waals surface area contributed by atoms with Gasteiger partial charge in [0.2, 0.25) is 0 Å². The van der Waals surface area contributed by atoms with E-state index in [1.165, 1.54) is 89.9 Å². The summed E-state index contributed by atoms with van der Waals surface area (Å²) in [5.74, 6) is 0. The Morgan fingerprint density at radius 2 is 1.03 bits per heavy atom. The quantitative estimate of drug-likeness (QED) is 0.138. The normalized spacial score (nSPS) is 12.2. The second-order valence-electron chi connectivity index (χ2n) is 8.71. The Balaban J connectivity index is 3.33. The first-order chi connectivity index (χ1) is 14.1. The zero-order valence-electron chi connectivity index (χ0n) is 20.5. The van der Waals surface area contributed by atoms with Crippen LogP contribution in [0.4, 0.5) is 0 Å². The molecule has 0 aromatic heterocycles. The van der Waals surface area contributed by atoms with Crippen LogP contribution in [0.15, 0.2) is 0 Å². The van der Waals surface area contributed by atoms with E-state index >= 15 is 0 Å². The van der Waals surface area contributed by atoms with Crippen LogP contribution in [0.25, 0.3) is 0 Å². The Morgan fingerprint density at radius 1 is 0.621 bits per heavy atom. The summed E-state index contributed by atoms with van der Waals surface area (Å²) in [6.07, 6.45) is 21.0. The lowest BCUT2D eigenvalue weighted by Gasteiger charge is -2.28. The van der Waals surface area contributed by atoms with Gasteiger partial charge in [-0.1, -0.05) is 90.4 Å². The van der Waals surface area contributed by atoms with Gasteiger partial charge in [-0.15, -0.1) is 0 Å². The summed E-state index contributed by atoms with van der Waals surface area (Å²) < 4.78 is 17.1. The minimum Gasteiger partial charge on any atom is -0.377 e. The SMILES string of the molecule is CCCCCCCCCCCCCCCCNCCC[Si](OC)(OC)OC(C)C. The molecule has 0 fully saturated rings. The molecule has 0 aromatic carbocycles. The van der Waals surface area contributed by atoms with E-state index in [0.29, 0.717) is 0 Å². The number of unbranched alkanes of at least 4 members (excludes halogenated alkanes) is 13. The third-order valence-electron chi connectivity index (χ3n) is 5.58. The van der Waals surface area contributed by atoms with Crippen LogP contribution in [0, 0.1) is 0 Å². The first-order valence-electron chi connectivity index (χ1n) is 12.6. The molecule has 0 saturated carbocycles. The van der Waals surface area contributed by atoms with Crippen molar-refractivity contribution in [2.45, 2.75) is 129 Å². The van der Waals surface area contributed by atoms with E-state index in [1.807, 2.05) is 13.8 Å². The van der Waals surface area contributed by atoms with Gasteiger partial charge in [-0.05, 0) is 39.8 Å². The summed E-state index contributed by atoms with van der Waals surface area (Å²) in [6, 6.07) is 0.879. The molecule has 0 saturated heterocycles. The number of nitrogens with one attached hydrogen (secondary N) is 1. The van der Waals surface area contributed by atoms with Gasteiger partial charge in [-0.25, -0.2) is 0 Å². The van der Waals surface area contributed by atoms with Gasteiger partial charge in [0.15, 0.2) is 0 Å². The third kappa shape index (κ3) is 18.5. The van der Waals surface area contributed by atoms with E-state index in [9.17, 15) is 0 Å². The fourth-order valence-corrected chi connectivity index (χ4v) is 6.01. The van der Waals surface area contributed by atoms with Crippen molar-refractivity contribution in [3.63, 3.8) is 0 Å². The summed E-state index contributed by atoms with van der Waals surface area (Å²) in [6.45, 7) is 8.50. The van der Waals surface area contributed by atoms with E-state index in [2.05, 4.69) is 12.2 Å². The van der Waals surface area contributed by atoms with Crippen LogP contribution < -0.4 is 5.32 Å². The van der Waals surface area contributed by atoms with Crippen LogP contribution in [0.1, 0.15) is 117 Å². The van der Waals surface area contributed by atoms with Crippen LogP contribution in [0.2, 0.25) is 6.04 Å². The Labute approximate surface area is 184 Å². The summed E-state index contributed by atoms with van der Waals surface area (Å²) in [5, 5.41) is 3.56. The second-order valence-corrected chi connectivity index (χ2v) is 11.6. The van der Waals surface area contributed by atoms with Gasteiger partial charge in [0, 0.05) is 26.4 Å². The molecule has 0 rings (SSSR count). The molecule has 176 valence electrons. The van der Waals surface area contributed by atoms with E-state index < -0.39 is 8.80 Å². The Morgan fingerprint density at radius 3 is 1.45 bits per heavy atom. The highest BCUT2D eigenvalue weighted by molar-refractivity contribution is 6.60. The van der Waals surface area contributed by atoms with Crippen molar-refractivity contribution in [3.8, 4) is 0 Å². The van der Waals surface area contributed by atoms with Gasteiger partial charge >= 0.3 is 8.80 Å². The number of hydrogen-bond acceptors (Lipinski definition) is 4. The molecule has 0 aromatic rings. The number of hydrogen-bond donors (Lipinski definition) is 1. The summed E-state index contributed by atoms with van der Waals surface area (Å²) >= 11 is 0. The maximum absolute atomic E-state index is 5.94. The fraction of sp³-hybridized carbons (Fsp3) is 1.00. The Kier molecular flexibility index (Phi) is 21.3. The molecule has 0 spiro atoms. The highest BCUT2D eigenvalue weighted by Gasteiger charge is 2.39. The van der Waals surface area contributed by atoms with Crippen LogP contribution in [-0.2, 0) is 13.3 Å². The first-order valence-corrected chi connectivity index (χ1v) is 14.5. The molecule has 4 nitrogen and oxygen atoms in total. The summed E-state index contributed by atoms with van der Waals surface area (Å²) in [4.78, 5) is 0. The van der Waals surface area contributed by atoms with Crippen molar-refractivity contribution < 1.29 is 13.3 Å². The van der Waals surface area contributed by atoms with Crippen LogP contribution in [-0.4, -0.2) is 42.2 Å². The predicted octanol–water partition coefficient (Wildman–Crippen LogP) is 7.10. The standard InChI is InChI=1S/C24H53NO3Si/c1-6-7-8-9-10-11-12-13-14-15-16-17-18-19-21-25-22-20-23-29(26-4,27-5)28-24(2)3/h24-25H,6-23H2,1-5H3. The molecule has 0 heterocycles. The molecule has 5 heteroatoms. The molecule has 0 aliphatic carbocycles. The van der Waals surface area contributed by atoms with Crippen molar-refractivity contribution in [1.82, 2.24) is 5.32 Å². The molecule has 0 aliphatic rings. The molecule has 0 aliphatic heterocycles. The van der Waals surface area contributed by atoms with Crippen molar-refractivity contribution in [1.29, 1.82) is 0 Å². The number of rotatable bonds is 23. The lowest BCUT2D eigenvalue weighted by molar-refractivity contribution is 0.0695. The average molecular weight is 432 g/mol. The monoisotopic (exact) mass is 431 g/mol. The van der Waals surface area contributed by atoms with Crippen molar-refractivity contribution in [2.75, 3.05) is 27.3 Å². The van der Waals surface area contributed by atoms with Crippen molar-refractivity contribution in [3.05, 3.63) is 0 Å². The fourth-order valence-electron chi connectivity index (χ4n) is 3.80. The zero-order chi connectivity index (χ0) is 21.6. The topological polar surface area (TPSA) is 39.7 Å². The van der Waals surface area contributed by atoms with Gasteiger partial charge in [0.25, 0.3) is 0 Å². The average Bonchev–Trinajstić information content (AvgIpc) is 2.71. The highest BCUT2D eigenvalue weighted by atomic mass is 28.4. The van der Waals surface area contributed by atoms with Crippen LogP contribution >= 0.6 is 0 Å². The smallest absolute Gasteiger partial charge is 0.377 e. The van der Waals surface area contributed by atoms with E-state index in [1.54, 1.807) is 14.2 Å². The molecule has 0 bridgehead atoms. The lowest BCUT2D eigenvalue weighted by atomic mass is 10.0. The summed E-state index contributed by atoms with van der Waals surface area (Å²) in [5.41, 5.74) is 0. The maximum Gasteiger partial charge on any atom is 0.500 e. The molecule has 0 atom stereocenters. The molecule has 0 radical (unpaired) electrons. The van der Waals surface area contributed by atoms with Gasteiger partial charge in [0.1, 0.15) is 0 Å². The Hall–Kier alpha value is 0.0569. The van der Waals surface area contributed by atoms with Crippen molar-refractivity contribution >= 4 is 8.80 Å². The molecule has 0 unspecified atom stereocenters. The maximum atomic E-state index is 5.94. The molecular formula is C24H53NO3Si. The second kappa shape index (κ2) is 21.3. The van der Waals surface area contributed by atoms with E-state index in [0.717, 1.165) is 25.6 Å². The predicted molar refractivity (Wildman–Crippen MR) is 129 cm³/mol. The summed E-state index contributed by atoms with van der Waals surface area (Å²) in [7, 11) is 0.960. The van der Waals surface area contributed by atoms with Gasteiger partial charge < -0.3 is 18.6 Å². The first kappa shape index (κ1) is 29.1. The van der Waals surface area contributed by atoms with E-state index in [4.69, 9.17) is 13.3 Å². The largest absolute Gasteiger partial charge is 0.500 e. The van der Waals surface area contributed by atoms with E-state index in [-0.39, 0.29) is 6.10 Å². The highest BCUT2D eigenvalue weighted by Crippen LogP contribution is 2.18. The van der Waals surface area contributed by atoms with Gasteiger partial charge in [-0.2, -0.15) is 0 Å². The van der Waals surface area contributed by atoms with Crippen LogP contribution in [0.5, 0.6) is 0 Å². The van der Waals surface area contributed by atoms with Gasteiger partial charge in [-0.3, -0.25) is 0 Å². The lowest BCUT2D eigenvalue weighted by Crippen LogP contribution is -2.46. The molecule has 0 amide bonds. The minimum absolute atomic E-state index is 0.144. The molecule has 29 heavy (non-hydrogen) atoms. The minimum atomic E-state index is -2.46. The van der Waals surface area contributed by atoms with Crippen molar-refractivity contribution in [2.24, 2.45) is 0 Å². The van der Waals surface area contributed by atoms with Gasteiger partial charge in [0.05, 0.1) is 0 Å². The third-order valence-corrected chi connectivity index (χ3v) is 8.62. The van der Waals surface area contributed by atoms with Crippen LogP contribution in [0.3, 0.4) is 0 Å².